The molecule has 1 aromatic rings. The molecule has 126 valence electrons. The maximum absolute atomic E-state index is 13.5. The predicted octanol–water partition coefficient (Wildman–Crippen LogP) is 2.90. The van der Waals surface area contributed by atoms with Crippen LogP contribution >= 0.6 is 12.4 Å². The fraction of sp³-hybridized carbons (Fsp3) is 0.562. The average Bonchev–Trinajstić information content (AvgIpc) is 2.50. The molecule has 0 fully saturated rings. The van der Waals surface area contributed by atoms with E-state index >= 15 is 0 Å². The van der Waals surface area contributed by atoms with Crippen molar-refractivity contribution in [2.45, 2.75) is 39.7 Å². The van der Waals surface area contributed by atoms with Crippen molar-refractivity contribution in [1.29, 1.82) is 0 Å². The SMILES string of the molecule is CCC(CC)(CN)C(=O)NCC(C)Oc1ccccc1F.Cl. The van der Waals surface area contributed by atoms with Gasteiger partial charge in [-0.3, -0.25) is 4.79 Å². The minimum atomic E-state index is -0.530. The molecule has 0 spiro atoms. The van der Waals surface area contributed by atoms with Gasteiger partial charge in [-0.25, -0.2) is 4.39 Å². The van der Waals surface area contributed by atoms with Crippen LogP contribution in [0.3, 0.4) is 0 Å². The number of carbonyl (C=O) groups excluding carboxylic acids is 1. The van der Waals surface area contributed by atoms with Gasteiger partial charge >= 0.3 is 0 Å². The molecule has 0 bridgehead atoms. The summed E-state index contributed by atoms with van der Waals surface area (Å²) >= 11 is 0. The number of nitrogens with two attached hydrogens (primary N) is 1. The van der Waals surface area contributed by atoms with E-state index in [0.29, 0.717) is 25.9 Å². The Kier molecular flexibility index (Phi) is 9.06. The normalized spacial score (nSPS) is 12.2. The molecule has 1 atom stereocenters. The van der Waals surface area contributed by atoms with Gasteiger partial charge in [0.25, 0.3) is 0 Å². The lowest BCUT2D eigenvalue weighted by atomic mass is 9.81. The van der Waals surface area contributed by atoms with E-state index in [1.165, 1.54) is 6.07 Å². The van der Waals surface area contributed by atoms with Crippen molar-refractivity contribution >= 4 is 18.3 Å². The molecule has 1 unspecified atom stereocenters. The molecule has 0 aromatic heterocycles. The van der Waals surface area contributed by atoms with Crippen LogP contribution in [0.5, 0.6) is 5.75 Å². The van der Waals surface area contributed by atoms with Gasteiger partial charge in [0.2, 0.25) is 5.91 Å². The number of carbonyl (C=O) groups is 1. The Labute approximate surface area is 138 Å². The van der Waals surface area contributed by atoms with Crippen molar-refractivity contribution in [2.24, 2.45) is 11.1 Å². The molecule has 0 radical (unpaired) electrons. The Morgan fingerprint density at radius 1 is 1.36 bits per heavy atom. The Bertz CT molecular complexity index is 459. The molecule has 1 rings (SSSR count). The second-order valence-corrected chi connectivity index (χ2v) is 5.26. The summed E-state index contributed by atoms with van der Waals surface area (Å²) in [6.45, 7) is 6.32. The summed E-state index contributed by atoms with van der Waals surface area (Å²) in [5, 5.41) is 2.85. The maximum Gasteiger partial charge on any atom is 0.227 e. The van der Waals surface area contributed by atoms with Gasteiger partial charge in [-0.2, -0.15) is 0 Å². The highest BCUT2D eigenvalue weighted by atomic mass is 35.5. The van der Waals surface area contributed by atoms with Crippen LogP contribution in [0.25, 0.3) is 0 Å². The molecule has 0 saturated carbocycles. The average molecular weight is 333 g/mol. The van der Waals surface area contributed by atoms with E-state index in [2.05, 4.69) is 5.32 Å². The first kappa shape index (κ1) is 20.7. The van der Waals surface area contributed by atoms with E-state index in [-0.39, 0.29) is 30.2 Å². The molecule has 1 aromatic carbocycles. The van der Waals surface area contributed by atoms with Crippen LogP contribution in [0.4, 0.5) is 4.39 Å². The van der Waals surface area contributed by atoms with Crippen LogP contribution in [-0.2, 0) is 4.79 Å². The second-order valence-electron chi connectivity index (χ2n) is 5.26. The molecular weight excluding hydrogens is 307 g/mol. The zero-order valence-corrected chi connectivity index (χ0v) is 14.2. The summed E-state index contributed by atoms with van der Waals surface area (Å²) in [6.07, 6.45) is 1.05. The van der Waals surface area contributed by atoms with E-state index in [0.717, 1.165) is 0 Å². The van der Waals surface area contributed by atoms with Gasteiger partial charge < -0.3 is 15.8 Å². The highest BCUT2D eigenvalue weighted by molar-refractivity contribution is 5.85. The third kappa shape index (κ3) is 5.14. The van der Waals surface area contributed by atoms with Gasteiger partial charge in [0.05, 0.1) is 12.0 Å². The molecule has 0 aliphatic carbocycles. The number of rotatable bonds is 8. The molecule has 22 heavy (non-hydrogen) atoms. The van der Waals surface area contributed by atoms with Crippen LogP contribution in [0, 0.1) is 11.2 Å². The Morgan fingerprint density at radius 3 is 2.45 bits per heavy atom. The number of benzene rings is 1. The highest BCUT2D eigenvalue weighted by Crippen LogP contribution is 2.25. The van der Waals surface area contributed by atoms with Crippen molar-refractivity contribution in [2.75, 3.05) is 13.1 Å². The number of halogens is 2. The second kappa shape index (κ2) is 9.64. The quantitative estimate of drug-likeness (QED) is 0.769. The van der Waals surface area contributed by atoms with Crippen molar-refractivity contribution in [1.82, 2.24) is 5.32 Å². The minimum Gasteiger partial charge on any atom is -0.486 e. The first-order valence-corrected chi connectivity index (χ1v) is 7.38. The van der Waals surface area contributed by atoms with Crippen LogP contribution in [0.1, 0.15) is 33.6 Å². The summed E-state index contributed by atoms with van der Waals surface area (Å²) in [5.41, 5.74) is 5.21. The maximum atomic E-state index is 13.5. The van der Waals surface area contributed by atoms with E-state index in [4.69, 9.17) is 10.5 Å². The standard InChI is InChI=1S/C16H25FN2O2.ClH/c1-4-16(5-2,11-18)15(20)19-10-12(3)21-14-9-7-6-8-13(14)17;/h6-9,12H,4-5,10-11,18H2,1-3H3,(H,19,20);1H. The van der Waals surface area contributed by atoms with Crippen LogP contribution in [-0.4, -0.2) is 25.1 Å². The third-order valence-electron chi connectivity index (χ3n) is 3.94. The molecule has 0 saturated heterocycles. The van der Waals surface area contributed by atoms with Crippen LogP contribution in [0.2, 0.25) is 0 Å². The van der Waals surface area contributed by atoms with Crippen molar-refractivity contribution in [3.8, 4) is 5.75 Å². The number of nitrogens with one attached hydrogen (secondary N) is 1. The summed E-state index contributed by atoms with van der Waals surface area (Å²) in [6, 6.07) is 6.22. The number of hydrogen-bond donors (Lipinski definition) is 2. The van der Waals surface area contributed by atoms with Gasteiger partial charge in [0, 0.05) is 6.54 Å². The molecule has 4 nitrogen and oxygen atoms in total. The lowest BCUT2D eigenvalue weighted by Crippen LogP contribution is -2.47. The third-order valence-corrected chi connectivity index (χ3v) is 3.94. The molecule has 0 aliphatic heterocycles. The number of amides is 1. The highest BCUT2D eigenvalue weighted by Gasteiger charge is 2.33. The lowest BCUT2D eigenvalue weighted by Gasteiger charge is -2.29. The van der Waals surface area contributed by atoms with Gasteiger partial charge in [-0.05, 0) is 31.9 Å². The molecule has 3 N–H and O–H groups in total. The van der Waals surface area contributed by atoms with Gasteiger partial charge in [0.1, 0.15) is 6.10 Å². The Hall–Kier alpha value is -1.33. The van der Waals surface area contributed by atoms with Gasteiger partial charge in [-0.15, -0.1) is 12.4 Å². The van der Waals surface area contributed by atoms with Crippen molar-refractivity contribution in [3.63, 3.8) is 0 Å². The predicted molar refractivity (Wildman–Crippen MR) is 88.8 cm³/mol. The van der Waals surface area contributed by atoms with Crippen molar-refractivity contribution in [3.05, 3.63) is 30.1 Å². The molecular formula is C16H26ClFN2O2. The van der Waals surface area contributed by atoms with E-state index in [1.54, 1.807) is 25.1 Å². The number of ether oxygens (including phenoxy) is 1. The Balaban J connectivity index is 0.00000441. The van der Waals surface area contributed by atoms with Gasteiger partial charge in [0.15, 0.2) is 11.6 Å². The molecule has 1 amide bonds. The molecule has 0 aliphatic rings. The first-order valence-electron chi connectivity index (χ1n) is 7.38. The topological polar surface area (TPSA) is 64.4 Å². The summed E-state index contributed by atoms with van der Waals surface area (Å²) in [4.78, 5) is 12.3. The van der Waals surface area contributed by atoms with E-state index in [1.807, 2.05) is 13.8 Å². The van der Waals surface area contributed by atoms with Crippen molar-refractivity contribution < 1.29 is 13.9 Å². The molecule has 0 heterocycles. The van der Waals surface area contributed by atoms with E-state index in [9.17, 15) is 9.18 Å². The van der Waals surface area contributed by atoms with Crippen LogP contribution in [0.15, 0.2) is 24.3 Å². The Morgan fingerprint density at radius 2 is 1.95 bits per heavy atom. The van der Waals surface area contributed by atoms with Crippen LogP contribution < -0.4 is 15.8 Å². The van der Waals surface area contributed by atoms with Gasteiger partial charge in [-0.1, -0.05) is 26.0 Å². The largest absolute Gasteiger partial charge is 0.486 e. The summed E-state index contributed by atoms with van der Waals surface area (Å²) < 4.78 is 19.0. The zero-order valence-electron chi connectivity index (χ0n) is 13.4. The van der Waals surface area contributed by atoms with E-state index < -0.39 is 11.2 Å². The minimum absolute atomic E-state index is 0. The first-order chi connectivity index (χ1) is 9.99. The monoisotopic (exact) mass is 332 g/mol. The number of hydrogen-bond acceptors (Lipinski definition) is 3. The number of para-hydroxylation sites is 1. The zero-order chi connectivity index (χ0) is 15.9. The fourth-order valence-corrected chi connectivity index (χ4v) is 2.18. The molecule has 6 heteroatoms. The summed E-state index contributed by atoms with van der Waals surface area (Å²) in [5.74, 6) is -0.289. The smallest absolute Gasteiger partial charge is 0.227 e. The summed E-state index contributed by atoms with van der Waals surface area (Å²) in [7, 11) is 0. The fourth-order valence-electron chi connectivity index (χ4n) is 2.18. The lowest BCUT2D eigenvalue weighted by molar-refractivity contribution is -0.131.